The highest BCUT2D eigenvalue weighted by Crippen LogP contribution is 2.36. The Kier molecular flexibility index (Phi) is 6.73. The Labute approximate surface area is 157 Å². The molecule has 0 bridgehead atoms. The number of sulfone groups is 1. The molecule has 17 heteroatoms. The van der Waals surface area contributed by atoms with Crippen LogP contribution in [0, 0.1) is 0 Å². The average Bonchev–Trinajstić information content (AvgIpc) is 2.42. The minimum Gasteiger partial charge on any atom is -0.481 e. The number of hydrogen-bond donors (Lipinski definition) is 4. The molecule has 1 atom stereocenters. The molecule has 0 fully saturated rings. The van der Waals surface area contributed by atoms with Gasteiger partial charge in [0.1, 0.15) is 4.90 Å². The number of aliphatic carboxylic acids is 1. The van der Waals surface area contributed by atoms with E-state index in [2.05, 4.69) is 0 Å². The maximum atomic E-state index is 12.9. The number of carboxylic acid groups (broad SMARTS) is 1. The molecule has 0 aliphatic heterocycles. The molecule has 1 aromatic carbocycles. The Morgan fingerprint density at radius 3 is 2.07 bits per heavy atom. The lowest BCUT2D eigenvalue weighted by molar-refractivity contribution is -0.137. The molecule has 0 saturated heterocycles. The van der Waals surface area contributed by atoms with Crippen molar-refractivity contribution < 1.29 is 52.9 Å². The van der Waals surface area contributed by atoms with E-state index >= 15 is 0 Å². The van der Waals surface area contributed by atoms with E-state index in [1.807, 2.05) is 5.32 Å². The van der Waals surface area contributed by atoms with Crippen LogP contribution in [-0.2, 0) is 34.8 Å². The van der Waals surface area contributed by atoms with E-state index in [-0.39, 0.29) is 6.07 Å². The van der Waals surface area contributed by atoms with Gasteiger partial charge in [-0.2, -0.15) is 21.6 Å². The molecule has 0 radical (unpaired) electrons. The summed E-state index contributed by atoms with van der Waals surface area (Å²) >= 11 is 0. The Morgan fingerprint density at radius 1 is 1.14 bits per heavy atom. The summed E-state index contributed by atoms with van der Waals surface area (Å²) in [6.07, 6.45) is -1.04. The van der Waals surface area contributed by atoms with Gasteiger partial charge in [-0.3, -0.25) is 9.35 Å². The Bertz CT molecular complexity index is 1080. The van der Waals surface area contributed by atoms with Gasteiger partial charge >= 0.3 is 11.5 Å². The van der Waals surface area contributed by atoms with Crippen LogP contribution in [0.5, 0.6) is 0 Å². The predicted octanol–water partition coefficient (Wildman–Crippen LogP) is -0.229. The van der Waals surface area contributed by atoms with Crippen molar-refractivity contribution in [2.75, 3.05) is 11.1 Å². The first-order valence-corrected chi connectivity index (χ1v) is 11.4. The van der Waals surface area contributed by atoms with E-state index in [1.54, 1.807) is 0 Å². The van der Waals surface area contributed by atoms with E-state index in [4.69, 9.17) is 14.8 Å². The highest BCUT2D eigenvalue weighted by Gasteiger charge is 2.48. The van der Waals surface area contributed by atoms with Crippen LogP contribution in [0.3, 0.4) is 0 Å². The second kappa shape index (κ2) is 7.82. The third kappa shape index (κ3) is 6.30. The smallest absolute Gasteiger partial charge is 0.481 e. The number of primary sulfonamides is 1. The third-order valence-corrected chi connectivity index (χ3v) is 6.33. The van der Waals surface area contributed by atoms with Gasteiger partial charge < -0.3 is 10.4 Å². The lowest BCUT2D eigenvalue weighted by Gasteiger charge is -2.20. The molecule has 0 aromatic heterocycles. The molecule has 1 rings (SSSR count). The van der Waals surface area contributed by atoms with Crippen molar-refractivity contribution in [1.29, 1.82) is 0 Å². The number of carbonyl (C=O) groups is 1. The summed E-state index contributed by atoms with van der Waals surface area (Å²) in [5.41, 5.74) is -6.81. The highest BCUT2D eigenvalue weighted by molar-refractivity contribution is 7.92. The van der Waals surface area contributed by atoms with Crippen LogP contribution in [0.1, 0.15) is 6.42 Å². The Morgan fingerprint density at radius 2 is 1.68 bits per heavy atom. The molecule has 0 aliphatic rings. The fraction of sp³-hybridized carbons (Fsp3) is 0.364. The number of nitrogens with two attached hydrogens (primary N) is 1. The number of rotatable bonds is 8. The maximum Gasteiger partial charge on any atom is 0.501 e. The Balaban J connectivity index is 3.62. The highest BCUT2D eigenvalue weighted by atomic mass is 32.2. The van der Waals surface area contributed by atoms with Crippen molar-refractivity contribution >= 4 is 41.6 Å². The van der Waals surface area contributed by atoms with Gasteiger partial charge in [-0.15, -0.1) is 0 Å². The van der Waals surface area contributed by atoms with Crippen LogP contribution in [-0.4, -0.2) is 58.2 Å². The van der Waals surface area contributed by atoms with Crippen LogP contribution in [0.2, 0.25) is 0 Å². The lowest BCUT2D eigenvalue weighted by Crippen LogP contribution is -2.32. The quantitative estimate of drug-likeness (QED) is 0.368. The molecule has 0 heterocycles. The summed E-state index contributed by atoms with van der Waals surface area (Å²) in [5.74, 6) is -2.91. The second-order valence-corrected chi connectivity index (χ2v) is 10.3. The molecule has 11 nitrogen and oxygen atoms in total. The first-order valence-electron chi connectivity index (χ1n) is 6.76. The van der Waals surface area contributed by atoms with Gasteiger partial charge in [0.15, 0.2) is 0 Å². The minimum atomic E-state index is -6.15. The summed E-state index contributed by atoms with van der Waals surface area (Å²) in [7, 11) is -15.6. The van der Waals surface area contributed by atoms with Crippen LogP contribution in [0.25, 0.3) is 0 Å². The van der Waals surface area contributed by atoms with Crippen molar-refractivity contribution in [2.45, 2.75) is 27.8 Å². The number of sulfonamides is 1. The van der Waals surface area contributed by atoms with Crippen LogP contribution in [0.15, 0.2) is 28.0 Å². The largest absolute Gasteiger partial charge is 0.501 e. The number of alkyl halides is 3. The van der Waals surface area contributed by atoms with Gasteiger partial charge in [-0.1, -0.05) is 0 Å². The summed E-state index contributed by atoms with van der Waals surface area (Å²) in [6.45, 7) is 0. The number of carboxylic acids is 1. The van der Waals surface area contributed by atoms with Gasteiger partial charge in [0.05, 0.1) is 28.8 Å². The fourth-order valence-corrected chi connectivity index (χ4v) is 4.25. The number of hydrogen-bond acceptors (Lipinski definition) is 8. The van der Waals surface area contributed by atoms with Crippen LogP contribution >= 0.6 is 0 Å². The SMILES string of the molecule is NS(=O)(=O)c1ccc(NC(CC(=O)O)CS(=O)(=O)O)c(S(=O)(=O)C(F)(F)F)c1. The van der Waals surface area contributed by atoms with E-state index in [0.717, 1.165) is 0 Å². The van der Waals surface area contributed by atoms with Gasteiger partial charge in [0, 0.05) is 0 Å². The van der Waals surface area contributed by atoms with E-state index in [9.17, 15) is 43.2 Å². The predicted molar refractivity (Wildman–Crippen MR) is 87.1 cm³/mol. The number of anilines is 1. The summed E-state index contributed by atoms with van der Waals surface area (Å²) < 4.78 is 116. The summed E-state index contributed by atoms with van der Waals surface area (Å²) in [6, 6.07) is -0.503. The molecule has 0 spiro atoms. The zero-order valence-electron chi connectivity index (χ0n) is 13.4. The van der Waals surface area contributed by atoms with Gasteiger partial charge in [-0.25, -0.2) is 22.0 Å². The molecular formula is C11H13F3N2O9S3. The number of halogens is 3. The minimum absolute atomic E-state index is 0.0891. The molecule has 160 valence electrons. The summed E-state index contributed by atoms with van der Waals surface area (Å²) in [5, 5.41) is 15.5. The van der Waals surface area contributed by atoms with Gasteiger partial charge in [0.25, 0.3) is 20.0 Å². The molecule has 0 aliphatic carbocycles. The molecule has 0 amide bonds. The van der Waals surface area contributed by atoms with Crippen molar-refractivity contribution in [3.05, 3.63) is 18.2 Å². The number of nitrogens with one attached hydrogen (secondary N) is 1. The average molecular weight is 470 g/mol. The molecule has 1 unspecified atom stereocenters. The molecular weight excluding hydrogens is 457 g/mol. The fourth-order valence-electron chi connectivity index (χ4n) is 1.98. The van der Waals surface area contributed by atoms with Crippen molar-refractivity contribution in [3.63, 3.8) is 0 Å². The molecule has 28 heavy (non-hydrogen) atoms. The zero-order chi connectivity index (χ0) is 22.1. The lowest BCUT2D eigenvalue weighted by atomic mass is 10.2. The van der Waals surface area contributed by atoms with E-state index in [0.29, 0.717) is 12.1 Å². The van der Waals surface area contributed by atoms with Crippen LogP contribution in [0.4, 0.5) is 18.9 Å². The van der Waals surface area contributed by atoms with Crippen molar-refractivity contribution in [2.24, 2.45) is 5.14 Å². The monoisotopic (exact) mass is 470 g/mol. The normalized spacial score (nSPS) is 14.5. The molecule has 5 N–H and O–H groups in total. The number of benzene rings is 1. The van der Waals surface area contributed by atoms with Crippen LogP contribution < -0.4 is 10.5 Å². The second-order valence-electron chi connectivity index (χ2n) is 5.34. The topological polar surface area (TPSA) is 198 Å². The third-order valence-electron chi connectivity index (χ3n) is 3.07. The maximum absolute atomic E-state index is 12.9. The standard InChI is InChI=1S/C11H13F3N2O9S3/c12-11(13,14)27(22,23)9-4-7(28(15,24)25)1-2-8(9)16-6(3-10(17)18)5-26(19,20)21/h1-2,4,6,16H,3,5H2,(H,17,18)(H2,15,24,25)(H,19,20,21). The Hall–Kier alpha value is -1.95. The van der Waals surface area contributed by atoms with Crippen molar-refractivity contribution in [1.82, 2.24) is 0 Å². The summed E-state index contributed by atoms with van der Waals surface area (Å²) in [4.78, 5) is 8.18. The first-order chi connectivity index (χ1) is 12.3. The zero-order valence-corrected chi connectivity index (χ0v) is 15.9. The first kappa shape index (κ1) is 24.1. The van der Waals surface area contributed by atoms with Crippen molar-refractivity contribution in [3.8, 4) is 0 Å². The molecule has 0 saturated carbocycles. The van der Waals surface area contributed by atoms with Gasteiger partial charge in [-0.05, 0) is 18.2 Å². The van der Waals surface area contributed by atoms with E-state index in [1.165, 1.54) is 0 Å². The van der Waals surface area contributed by atoms with Gasteiger partial charge in [0.2, 0.25) is 10.0 Å². The molecule has 1 aromatic rings. The van der Waals surface area contributed by atoms with E-state index < -0.39 is 75.2 Å².